The largest absolute Gasteiger partial charge is 0.375 e. The van der Waals surface area contributed by atoms with E-state index in [1.54, 1.807) is 0 Å². The summed E-state index contributed by atoms with van der Waals surface area (Å²) in [5.74, 6) is 1.64. The third-order valence-electron chi connectivity index (χ3n) is 5.36. The van der Waals surface area contributed by atoms with E-state index in [1.807, 2.05) is 7.05 Å². The summed E-state index contributed by atoms with van der Waals surface area (Å²) in [5, 5.41) is 3.58. The van der Waals surface area contributed by atoms with Crippen LogP contribution in [0.15, 0.2) is 4.99 Å². The van der Waals surface area contributed by atoms with Gasteiger partial charge in [0.25, 0.3) is 0 Å². The normalized spacial score (nSPS) is 30.8. The molecule has 3 atom stereocenters. The molecular weight excluding hydrogens is 304 g/mol. The first-order valence-electron chi connectivity index (χ1n) is 9.67. The van der Waals surface area contributed by atoms with Crippen LogP contribution >= 0.6 is 0 Å². The van der Waals surface area contributed by atoms with Crippen molar-refractivity contribution in [2.45, 2.75) is 44.8 Å². The smallest absolute Gasteiger partial charge is 0.193 e. The zero-order chi connectivity index (χ0) is 16.8. The molecule has 3 saturated heterocycles. The molecule has 0 amide bonds. The van der Waals surface area contributed by atoms with E-state index in [0.29, 0.717) is 5.92 Å². The van der Waals surface area contributed by atoms with Crippen LogP contribution < -0.4 is 5.32 Å². The highest BCUT2D eigenvalue weighted by atomic mass is 16.5. The molecule has 3 rings (SSSR count). The summed E-state index contributed by atoms with van der Waals surface area (Å²) in [4.78, 5) is 9.41. The number of aliphatic imine (C=N–C) groups is 1. The Labute approximate surface area is 146 Å². The minimum Gasteiger partial charge on any atom is -0.375 e. The predicted molar refractivity (Wildman–Crippen MR) is 96.5 cm³/mol. The minimum atomic E-state index is 0.182. The van der Waals surface area contributed by atoms with Crippen LogP contribution in [0.3, 0.4) is 0 Å². The van der Waals surface area contributed by atoms with Gasteiger partial charge in [-0.15, -0.1) is 0 Å². The third-order valence-corrected chi connectivity index (χ3v) is 5.36. The highest BCUT2D eigenvalue weighted by Gasteiger charge is 2.32. The molecule has 3 aliphatic rings. The van der Waals surface area contributed by atoms with E-state index in [4.69, 9.17) is 9.47 Å². The van der Waals surface area contributed by atoms with Crippen molar-refractivity contribution < 1.29 is 9.47 Å². The molecular formula is C18H34N4O2. The molecule has 0 aromatic carbocycles. The Kier molecular flexibility index (Phi) is 6.75. The summed E-state index contributed by atoms with van der Waals surface area (Å²) in [7, 11) is 1.88. The van der Waals surface area contributed by atoms with E-state index >= 15 is 0 Å². The number of hydrogen-bond acceptors (Lipinski definition) is 4. The van der Waals surface area contributed by atoms with Crippen LogP contribution in [-0.2, 0) is 9.47 Å². The van der Waals surface area contributed by atoms with Gasteiger partial charge >= 0.3 is 0 Å². The third kappa shape index (κ3) is 4.83. The molecule has 6 nitrogen and oxygen atoms in total. The molecule has 6 heteroatoms. The lowest BCUT2D eigenvalue weighted by Crippen LogP contribution is -2.54. The number of nitrogens with one attached hydrogen (secondary N) is 1. The molecule has 0 spiro atoms. The van der Waals surface area contributed by atoms with E-state index in [2.05, 4.69) is 27.0 Å². The van der Waals surface area contributed by atoms with Gasteiger partial charge in [-0.3, -0.25) is 4.99 Å². The Morgan fingerprint density at radius 2 is 1.92 bits per heavy atom. The van der Waals surface area contributed by atoms with Crippen LogP contribution in [0.25, 0.3) is 0 Å². The zero-order valence-corrected chi connectivity index (χ0v) is 15.4. The molecule has 3 fully saturated rings. The minimum absolute atomic E-state index is 0.182. The van der Waals surface area contributed by atoms with E-state index in [1.165, 1.54) is 32.5 Å². The average Bonchev–Trinajstić information content (AvgIpc) is 3.29. The Bertz CT molecular complexity index is 406. The molecule has 3 heterocycles. The first-order valence-corrected chi connectivity index (χ1v) is 9.67. The first kappa shape index (κ1) is 18.0. The zero-order valence-electron chi connectivity index (χ0n) is 15.4. The quantitative estimate of drug-likeness (QED) is 0.602. The van der Waals surface area contributed by atoms with Crippen LogP contribution in [-0.4, -0.2) is 87.5 Å². The molecule has 138 valence electrons. The van der Waals surface area contributed by atoms with Crippen molar-refractivity contribution in [2.24, 2.45) is 10.9 Å². The van der Waals surface area contributed by atoms with Crippen molar-refractivity contribution in [1.29, 1.82) is 0 Å². The van der Waals surface area contributed by atoms with Gasteiger partial charge in [0, 0.05) is 39.8 Å². The molecule has 0 saturated carbocycles. The topological polar surface area (TPSA) is 49.3 Å². The Morgan fingerprint density at radius 3 is 2.62 bits per heavy atom. The summed E-state index contributed by atoms with van der Waals surface area (Å²) in [6.45, 7) is 10.5. The van der Waals surface area contributed by atoms with Crippen LogP contribution in [0.4, 0.5) is 0 Å². The second-order valence-electron chi connectivity index (χ2n) is 7.45. The van der Waals surface area contributed by atoms with E-state index < -0.39 is 0 Å². The highest BCUT2D eigenvalue weighted by molar-refractivity contribution is 5.80. The highest BCUT2D eigenvalue weighted by Crippen LogP contribution is 2.21. The Balaban J connectivity index is 1.44. The number of nitrogens with zero attached hydrogens (tertiary/aromatic N) is 3. The van der Waals surface area contributed by atoms with Gasteiger partial charge < -0.3 is 24.6 Å². The average molecular weight is 338 g/mol. The second-order valence-corrected chi connectivity index (χ2v) is 7.45. The van der Waals surface area contributed by atoms with Crippen LogP contribution in [0.2, 0.25) is 0 Å². The molecule has 24 heavy (non-hydrogen) atoms. The van der Waals surface area contributed by atoms with E-state index in [0.717, 1.165) is 51.6 Å². The van der Waals surface area contributed by atoms with Gasteiger partial charge in [-0.1, -0.05) is 6.92 Å². The van der Waals surface area contributed by atoms with Gasteiger partial charge in [-0.25, -0.2) is 0 Å². The van der Waals surface area contributed by atoms with Gasteiger partial charge in [0.15, 0.2) is 5.96 Å². The van der Waals surface area contributed by atoms with Crippen molar-refractivity contribution in [3.05, 3.63) is 0 Å². The molecule has 0 aromatic rings. The van der Waals surface area contributed by atoms with Crippen molar-refractivity contribution >= 4 is 5.96 Å². The summed E-state index contributed by atoms with van der Waals surface area (Å²) in [5.41, 5.74) is 0. The van der Waals surface area contributed by atoms with Gasteiger partial charge in [0.2, 0.25) is 0 Å². The van der Waals surface area contributed by atoms with Gasteiger partial charge in [-0.2, -0.15) is 0 Å². The van der Waals surface area contributed by atoms with Crippen molar-refractivity contribution in [2.75, 3.05) is 59.5 Å². The number of rotatable bonds is 5. The van der Waals surface area contributed by atoms with Crippen molar-refractivity contribution in [3.8, 4) is 0 Å². The molecule has 0 radical (unpaired) electrons. The van der Waals surface area contributed by atoms with Crippen LogP contribution in [0.5, 0.6) is 0 Å². The number of likely N-dealkylation sites (tertiary alicyclic amines) is 1. The lowest BCUT2D eigenvalue weighted by atomic mass is 10.1. The SMILES string of the molecule is CN=C(NCC(C)CN1CCCC1)N1CCOC(C2CCCO2)C1. The molecule has 0 bridgehead atoms. The summed E-state index contributed by atoms with van der Waals surface area (Å²) >= 11 is 0. The maximum absolute atomic E-state index is 5.94. The molecule has 0 aliphatic carbocycles. The standard InChI is InChI=1S/C18H34N4O2/c1-15(13-21-7-3-4-8-21)12-20-18(19-2)22-9-11-24-17(14-22)16-6-5-10-23-16/h15-17H,3-14H2,1-2H3,(H,19,20). The molecule has 3 unspecified atom stereocenters. The van der Waals surface area contributed by atoms with Crippen molar-refractivity contribution in [3.63, 3.8) is 0 Å². The number of ether oxygens (including phenoxy) is 2. The number of morpholine rings is 1. The summed E-state index contributed by atoms with van der Waals surface area (Å²) in [6.07, 6.45) is 5.45. The summed E-state index contributed by atoms with van der Waals surface area (Å²) in [6, 6.07) is 0. The lowest BCUT2D eigenvalue weighted by molar-refractivity contribution is -0.0817. The predicted octanol–water partition coefficient (Wildman–Crippen LogP) is 1.17. The van der Waals surface area contributed by atoms with Crippen molar-refractivity contribution in [1.82, 2.24) is 15.1 Å². The molecule has 0 aromatic heterocycles. The molecule has 3 aliphatic heterocycles. The molecule has 1 N–H and O–H groups in total. The Hall–Kier alpha value is -0.850. The fourth-order valence-electron chi connectivity index (χ4n) is 4.06. The lowest BCUT2D eigenvalue weighted by Gasteiger charge is -2.37. The number of guanidine groups is 1. The fourth-order valence-corrected chi connectivity index (χ4v) is 4.06. The number of hydrogen-bond donors (Lipinski definition) is 1. The van der Waals surface area contributed by atoms with Gasteiger partial charge in [0.05, 0.1) is 12.7 Å². The second kappa shape index (κ2) is 9.02. The van der Waals surface area contributed by atoms with Crippen LogP contribution in [0.1, 0.15) is 32.6 Å². The van der Waals surface area contributed by atoms with Crippen LogP contribution in [0, 0.1) is 5.92 Å². The first-order chi connectivity index (χ1) is 11.8. The maximum Gasteiger partial charge on any atom is 0.193 e. The monoisotopic (exact) mass is 338 g/mol. The van der Waals surface area contributed by atoms with E-state index in [9.17, 15) is 0 Å². The van der Waals surface area contributed by atoms with Gasteiger partial charge in [-0.05, 0) is 44.7 Å². The fraction of sp³-hybridized carbons (Fsp3) is 0.944. The Morgan fingerprint density at radius 1 is 1.12 bits per heavy atom. The van der Waals surface area contributed by atoms with E-state index in [-0.39, 0.29) is 12.2 Å². The maximum atomic E-state index is 5.94. The van der Waals surface area contributed by atoms with Gasteiger partial charge in [0.1, 0.15) is 6.10 Å². The summed E-state index contributed by atoms with van der Waals surface area (Å²) < 4.78 is 11.8.